The number of benzene rings is 3. The van der Waals surface area contributed by atoms with Crippen molar-refractivity contribution in [3.05, 3.63) is 120 Å². The Morgan fingerprint density at radius 3 is 2.68 bits per heavy atom. The van der Waals surface area contributed by atoms with E-state index in [0.717, 1.165) is 16.7 Å². The summed E-state index contributed by atoms with van der Waals surface area (Å²) >= 11 is 0. The third-order valence-corrected chi connectivity index (χ3v) is 5.18. The minimum Gasteiger partial charge on any atom is -0.490 e. The van der Waals surface area contributed by atoms with E-state index >= 15 is 0 Å². The van der Waals surface area contributed by atoms with Crippen molar-refractivity contribution in [3.8, 4) is 23.3 Å². The summed E-state index contributed by atoms with van der Waals surface area (Å²) in [5, 5.41) is 9.77. The van der Waals surface area contributed by atoms with Crippen LogP contribution in [0.5, 0.6) is 17.2 Å². The molecule has 0 saturated heterocycles. The van der Waals surface area contributed by atoms with Gasteiger partial charge < -0.3 is 19.9 Å². The molecule has 4 rings (SSSR count). The highest BCUT2D eigenvalue weighted by atomic mass is 16.5. The van der Waals surface area contributed by atoms with E-state index in [4.69, 9.17) is 19.9 Å². The number of hydrogen-bond donors (Lipinski definition) is 1. The first-order chi connectivity index (χ1) is 16.6. The minimum atomic E-state index is -0.524. The molecule has 34 heavy (non-hydrogen) atoms. The van der Waals surface area contributed by atoms with Crippen LogP contribution in [0.4, 0.5) is 0 Å². The molecule has 1 aliphatic heterocycles. The highest BCUT2D eigenvalue weighted by molar-refractivity contribution is 5.88. The van der Waals surface area contributed by atoms with Gasteiger partial charge in [0.1, 0.15) is 35.5 Å². The van der Waals surface area contributed by atoms with E-state index in [0.29, 0.717) is 29.4 Å². The van der Waals surface area contributed by atoms with Crippen LogP contribution in [0.2, 0.25) is 0 Å². The Morgan fingerprint density at radius 2 is 1.91 bits per heavy atom. The average Bonchev–Trinajstić information content (AvgIpc) is 2.86. The monoisotopic (exact) mass is 450 g/mol. The summed E-state index contributed by atoms with van der Waals surface area (Å²) in [6.45, 7) is 4.03. The summed E-state index contributed by atoms with van der Waals surface area (Å²) in [6.07, 6.45) is 4.69. The topological polar surface area (TPSA) is 94.6 Å². The van der Waals surface area contributed by atoms with Crippen LogP contribution < -0.4 is 19.9 Å². The van der Waals surface area contributed by atoms with Gasteiger partial charge in [0, 0.05) is 17.7 Å². The van der Waals surface area contributed by atoms with Crippen molar-refractivity contribution in [1.29, 1.82) is 5.26 Å². The number of ether oxygens (including phenoxy) is 3. The molecule has 6 nitrogen and oxygen atoms in total. The highest BCUT2D eigenvalue weighted by Gasteiger charge is 2.31. The number of carbonyl (C=O) groups excluding carboxylic acids is 1. The van der Waals surface area contributed by atoms with E-state index < -0.39 is 11.9 Å². The molecule has 1 atom stereocenters. The number of nitriles is 1. The molecule has 1 unspecified atom stereocenters. The summed E-state index contributed by atoms with van der Waals surface area (Å²) < 4.78 is 16.8. The Morgan fingerprint density at radius 1 is 1.09 bits per heavy atom. The zero-order valence-corrected chi connectivity index (χ0v) is 18.3. The molecule has 0 bridgehead atoms. The fourth-order valence-electron chi connectivity index (χ4n) is 3.66. The van der Waals surface area contributed by atoms with E-state index in [-0.39, 0.29) is 5.88 Å². The Kier molecular flexibility index (Phi) is 6.76. The third kappa shape index (κ3) is 5.00. The van der Waals surface area contributed by atoms with Crippen LogP contribution >= 0.6 is 0 Å². The number of carbonyl (C=O) groups is 1. The van der Waals surface area contributed by atoms with Gasteiger partial charge in [0.25, 0.3) is 0 Å². The molecular formula is C28H22N2O4. The lowest BCUT2D eigenvalue weighted by atomic mass is 9.83. The summed E-state index contributed by atoms with van der Waals surface area (Å²) in [6, 6.07) is 24.1. The fourth-order valence-corrected chi connectivity index (χ4v) is 3.66. The minimum absolute atomic E-state index is 0.00450. The number of rotatable bonds is 7. The molecular weight excluding hydrogens is 428 g/mol. The first-order valence-corrected chi connectivity index (χ1v) is 10.6. The molecule has 0 fully saturated rings. The lowest BCUT2D eigenvalue weighted by Gasteiger charge is -2.27. The second kappa shape index (κ2) is 10.2. The zero-order chi connectivity index (χ0) is 23.9. The second-order valence-corrected chi connectivity index (χ2v) is 7.46. The number of nitrogens with zero attached hydrogens (tertiary/aromatic N) is 1. The molecule has 0 aliphatic carbocycles. The molecule has 2 N–H and O–H groups in total. The molecule has 0 amide bonds. The van der Waals surface area contributed by atoms with Gasteiger partial charge in [0.05, 0.1) is 5.92 Å². The molecule has 0 spiro atoms. The van der Waals surface area contributed by atoms with E-state index in [2.05, 4.69) is 12.6 Å². The van der Waals surface area contributed by atoms with Crippen LogP contribution in [0.25, 0.3) is 6.08 Å². The first-order valence-electron chi connectivity index (χ1n) is 10.6. The molecule has 0 aromatic heterocycles. The molecule has 168 valence electrons. The van der Waals surface area contributed by atoms with Gasteiger partial charge in [-0.1, -0.05) is 61.2 Å². The number of allylic oxidation sites excluding steroid dienone is 1. The molecule has 1 aliphatic rings. The van der Waals surface area contributed by atoms with Crippen LogP contribution in [-0.2, 0) is 4.79 Å². The maximum Gasteiger partial charge on any atom is 0.336 e. The standard InChI is InChI=1S/C28H22N2O4/c1-2-15-32-21-10-6-9-20(16-21)27-23-13-12-22(17-25(23)34-28(30)24(27)18-29)33-26(31)14-11-19-7-4-3-5-8-19/h2-14,16-17,27H,1,15,30H2/b14-11+. The Labute approximate surface area is 197 Å². The molecule has 3 aromatic carbocycles. The fraction of sp³-hybridized carbons (Fsp3) is 0.0714. The molecule has 6 heteroatoms. The van der Waals surface area contributed by atoms with Gasteiger partial charge >= 0.3 is 5.97 Å². The molecule has 3 aromatic rings. The maximum absolute atomic E-state index is 12.3. The second-order valence-electron chi connectivity index (χ2n) is 7.46. The number of nitrogens with two attached hydrogens (primary N) is 1. The largest absolute Gasteiger partial charge is 0.490 e. The van der Waals surface area contributed by atoms with Gasteiger partial charge in [-0.05, 0) is 35.4 Å². The molecule has 1 heterocycles. The van der Waals surface area contributed by atoms with Crippen molar-refractivity contribution in [3.63, 3.8) is 0 Å². The third-order valence-electron chi connectivity index (χ3n) is 5.18. The normalized spacial score (nSPS) is 14.6. The smallest absolute Gasteiger partial charge is 0.336 e. The number of fused-ring (bicyclic) bond motifs is 1. The quantitative estimate of drug-likeness (QED) is 0.233. The van der Waals surface area contributed by atoms with E-state index in [1.165, 1.54) is 6.08 Å². The lowest BCUT2D eigenvalue weighted by molar-refractivity contribution is -0.128. The Balaban J connectivity index is 1.61. The van der Waals surface area contributed by atoms with Gasteiger partial charge in [0.15, 0.2) is 0 Å². The maximum atomic E-state index is 12.3. The van der Waals surface area contributed by atoms with Crippen molar-refractivity contribution in [1.82, 2.24) is 0 Å². The Bertz CT molecular complexity index is 1320. The van der Waals surface area contributed by atoms with E-state index in [1.54, 1.807) is 30.4 Å². The first kappa shape index (κ1) is 22.4. The number of esters is 1. The summed E-state index contributed by atoms with van der Waals surface area (Å²) in [4.78, 5) is 12.3. The van der Waals surface area contributed by atoms with Gasteiger partial charge in [0.2, 0.25) is 5.88 Å². The van der Waals surface area contributed by atoms with Crippen molar-refractivity contribution >= 4 is 12.0 Å². The summed E-state index contributed by atoms with van der Waals surface area (Å²) in [7, 11) is 0. The van der Waals surface area contributed by atoms with Crippen LogP contribution in [0, 0.1) is 11.3 Å². The van der Waals surface area contributed by atoms with Crippen LogP contribution in [0.15, 0.2) is 103 Å². The zero-order valence-electron chi connectivity index (χ0n) is 18.3. The Hall–Kier alpha value is -4.76. The van der Waals surface area contributed by atoms with Crippen molar-refractivity contribution in [2.24, 2.45) is 5.73 Å². The van der Waals surface area contributed by atoms with Gasteiger partial charge in [-0.25, -0.2) is 4.79 Å². The van der Waals surface area contributed by atoms with Crippen molar-refractivity contribution < 1.29 is 19.0 Å². The van der Waals surface area contributed by atoms with E-state index in [1.807, 2.05) is 54.6 Å². The molecule has 0 saturated carbocycles. The predicted molar refractivity (Wildman–Crippen MR) is 129 cm³/mol. The van der Waals surface area contributed by atoms with Crippen molar-refractivity contribution in [2.45, 2.75) is 5.92 Å². The summed E-state index contributed by atoms with van der Waals surface area (Å²) in [5.74, 6) is 0.392. The molecule has 0 radical (unpaired) electrons. The lowest BCUT2D eigenvalue weighted by Crippen LogP contribution is -2.21. The summed E-state index contributed by atoms with van der Waals surface area (Å²) in [5.41, 5.74) is 8.82. The van der Waals surface area contributed by atoms with Crippen LogP contribution in [0.1, 0.15) is 22.6 Å². The van der Waals surface area contributed by atoms with Gasteiger partial charge in [-0.2, -0.15) is 5.26 Å². The van der Waals surface area contributed by atoms with Crippen molar-refractivity contribution in [2.75, 3.05) is 6.61 Å². The average molecular weight is 450 g/mol. The SMILES string of the molecule is C=CCOc1cccc(C2C(C#N)=C(N)Oc3cc(OC(=O)/C=C/c4ccccc4)ccc32)c1. The predicted octanol–water partition coefficient (Wildman–Crippen LogP) is 5.09. The van der Waals surface area contributed by atoms with Gasteiger partial charge in [-0.3, -0.25) is 0 Å². The van der Waals surface area contributed by atoms with Gasteiger partial charge in [-0.15, -0.1) is 0 Å². The van der Waals surface area contributed by atoms with Crippen LogP contribution in [-0.4, -0.2) is 12.6 Å². The van der Waals surface area contributed by atoms with Crippen LogP contribution in [0.3, 0.4) is 0 Å². The highest BCUT2D eigenvalue weighted by Crippen LogP contribution is 2.44. The van der Waals surface area contributed by atoms with E-state index in [9.17, 15) is 10.1 Å². The number of hydrogen-bond acceptors (Lipinski definition) is 6.